The summed E-state index contributed by atoms with van der Waals surface area (Å²) in [6, 6.07) is 59.6. The summed E-state index contributed by atoms with van der Waals surface area (Å²) in [5, 5.41) is 18.3. The molecule has 0 spiro atoms. The molecule has 9 aromatic carbocycles. The van der Waals surface area contributed by atoms with Crippen LogP contribution in [-0.4, -0.2) is 68.5 Å². The van der Waals surface area contributed by atoms with E-state index in [1.165, 1.54) is 5.56 Å². The van der Waals surface area contributed by atoms with Crippen molar-refractivity contribution in [2.24, 2.45) is 0 Å². The second kappa shape index (κ2) is 36.3. The van der Waals surface area contributed by atoms with Gasteiger partial charge in [0.25, 0.3) is 0 Å². The van der Waals surface area contributed by atoms with Gasteiger partial charge in [0.15, 0.2) is 18.3 Å². The fourth-order valence-corrected chi connectivity index (χ4v) is 12.5. The zero-order valence-corrected chi connectivity index (χ0v) is 62.1. The summed E-state index contributed by atoms with van der Waals surface area (Å²) in [5.74, 6) is -1.80. The second-order valence-electron chi connectivity index (χ2n) is 27.2. The number of ether oxygens (including phenoxy) is 5. The number of pyridine rings is 2. The summed E-state index contributed by atoms with van der Waals surface area (Å²) in [6.45, 7) is 29.5. The molecule has 12 nitrogen and oxygen atoms in total. The quantitative estimate of drug-likeness (QED) is 0.0717. The van der Waals surface area contributed by atoms with Gasteiger partial charge in [0, 0.05) is 55.3 Å². The van der Waals surface area contributed by atoms with Crippen LogP contribution in [0.3, 0.4) is 0 Å². The number of esters is 2. The van der Waals surface area contributed by atoms with Crippen LogP contribution in [-0.2, 0) is 38.1 Å². The fourth-order valence-electron chi connectivity index (χ4n) is 12.2. The topological polar surface area (TPSA) is 173 Å². The normalized spacial score (nSPS) is 12.1. The number of rotatable bonds is 16. The van der Waals surface area contributed by atoms with Gasteiger partial charge in [-0.15, -0.1) is 0 Å². The van der Waals surface area contributed by atoms with Gasteiger partial charge in [0.1, 0.15) is 0 Å². The van der Waals surface area contributed by atoms with E-state index in [9.17, 15) is 19.5 Å². The number of nitrogens with zero attached hydrogens (tertiary/aromatic N) is 2. The van der Waals surface area contributed by atoms with Gasteiger partial charge in [0.05, 0.1) is 41.4 Å². The number of carbonyl (C=O) groups is 3. The summed E-state index contributed by atoms with van der Waals surface area (Å²) in [4.78, 5) is 47.6. The van der Waals surface area contributed by atoms with Crippen molar-refractivity contribution in [3.05, 3.63) is 248 Å². The number of hydrogen-bond donors (Lipinski definition) is 1. The average molecular weight is 1430 g/mol. The number of aromatic nitrogens is 2. The van der Waals surface area contributed by atoms with Gasteiger partial charge in [-0.1, -0.05) is 164 Å². The van der Waals surface area contributed by atoms with Gasteiger partial charge in [-0.05, 0) is 259 Å². The maximum absolute atomic E-state index is 13.2. The smallest absolute Gasteiger partial charge is 0.870 e. The monoisotopic (exact) mass is 1430 g/mol. The Bertz CT molecular complexity index is 4670. The zero-order valence-electron chi connectivity index (χ0n) is 59.8. The van der Waals surface area contributed by atoms with Crippen LogP contribution in [0.1, 0.15) is 148 Å². The Morgan fingerprint density at radius 1 is 0.412 bits per heavy atom. The van der Waals surface area contributed by atoms with E-state index in [0.717, 1.165) is 116 Å². The van der Waals surface area contributed by atoms with Gasteiger partial charge in [-0.2, -0.15) is 0 Å². The summed E-state index contributed by atoms with van der Waals surface area (Å²) in [7, 11) is 0. The molecule has 0 aliphatic carbocycles. The van der Waals surface area contributed by atoms with Crippen molar-refractivity contribution in [3.63, 3.8) is 0 Å². The molecule has 102 heavy (non-hydrogen) atoms. The molecule has 0 aliphatic heterocycles. The van der Waals surface area contributed by atoms with E-state index < -0.39 is 47.1 Å². The molecule has 0 unspecified atom stereocenters. The number of carboxylic acid groups (broad SMARTS) is 1. The zero-order chi connectivity index (χ0) is 71.0. The molecule has 0 saturated carbocycles. The fraction of sp³-hybridized carbons (Fsp3) is 0.291. The SMILES string of the molecule is C.C.CCOC(=O)[C@@H](OC(C)(C)C)c1c(C)cc2cc(-c3ccccn3)ccc2c1-c1ccc(Cl)cc1.CCOC(=O)[C@@H](OC(C)(C)C)c1c(C)cc2cc(C)ccc2c1-c1ccc(Cl)cc1.Cc1cc2cc(-c3ccccn3)ccc2c(-c2ccc(Cl)cc2)c1[C@H](OC(C)(C)C)C(=O)O.[Li+].[OH-]. The molecule has 0 amide bonds. The predicted octanol–water partition coefficient (Wildman–Crippen LogP) is 20.7. The Morgan fingerprint density at radius 3 is 1.00 bits per heavy atom. The van der Waals surface area contributed by atoms with Crippen molar-refractivity contribution in [2.75, 3.05) is 13.2 Å². The minimum Gasteiger partial charge on any atom is -0.870 e. The molecule has 0 saturated heterocycles. The standard InChI is InChI=1S/C30H30ClNO3.C28H26ClNO3.C26H29ClO3.2CH4.Li.H2O/c1-6-34-29(33)28(35-30(3,4)5)26-19(2)17-22-18-21(25-9-7-8-16-32-25)12-15-24(22)27(26)20-10-13-23(31)14-11-20;1-17-15-20-16-19(23-7-5-6-14-30-23)10-13-22(20)25(18-8-11-21(29)12-9-18)24(17)26(27(31)32)33-28(2,3)4;1-7-29-25(28)24(30-26(4,5)6)22-17(3)15-19-14-16(2)8-13-21(19)23(22)18-9-11-20(27)12-10-18;;;;/h7-18,28H,6H2,1-5H3;5-16,26H,1-4H3,(H,31,32);8-15,24H,7H2,1-6H3;2*1H4;;1H2/q;;;;;+1;/p-1/t28-;26-;24-;;;;/m000..../s1. The van der Waals surface area contributed by atoms with E-state index in [4.69, 9.17) is 58.5 Å². The number of carboxylic acids is 1. The van der Waals surface area contributed by atoms with Crippen LogP contribution < -0.4 is 18.9 Å². The van der Waals surface area contributed by atoms with Gasteiger partial charge in [-0.25, -0.2) is 14.4 Å². The summed E-state index contributed by atoms with van der Waals surface area (Å²) in [5.41, 5.74) is 13.9. The minimum atomic E-state index is -1.12. The van der Waals surface area contributed by atoms with Gasteiger partial charge in [-0.3, -0.25) is 9.97 Å². The molecule has 0 bridgehead atoms. The van der Waals surface area contributed by atoms with Crippen molar-refractivity contribution < 1.29 is 67.5 Å². The van der Waals surface area contributed by atoms with Crippen LogP contribution >= 0.6 is 34.8 Å². The van der Waals surface area contributed by atoms with E-state index in [0.29, 0.717) is 27.2 Å². The van der Waals surface area contributed by atoms with Gasteiger partial charge < -0.3 is 34.3 Å². The average Bonchev–Trinajstić information content (AvgIpc) is 0.765. The molecular weight excluding hydrogens is 1330 g/mol. The molecule has 0 radical (unpaired) electrons. The number of benzene rings is 9. The van der Waals surface area contributed by atoms with Crippen LogP contribution in [0.2, 0.25) is 15.1 Å². The van der Waals surface area contributed by atoms with E-state index in [1.807, 2.05) is 217 Å². The van der Waals surface area contributed by atoms with E-state index >= 15 is 0 Å². The number of carbonyl (C=O) groups excluding carboxylic acids is 2. The van der Waals surface area contributed by atoms with Crippen LogP contribution in [0, 0.1) is 27.7 Å². The van der Waals surface area contributed by atoms with E-state index in [-0.39, 0.29) is 51.8 Å². The van der Waals surface area contributed by atoms with Crippen LogP contribution in [0.15, 0.2) is 194 Å². The Labute approximate surface area is 629 Å². The molecule has 11 aromatic rings. The van der Waals surface area contributed by atoms with E-state index in [1.54, 1.807) is 19.3 Å². The van der Waals surface area contributed by atoms with Crippen molar-refractivity contribution in [3.8, 4) is 55.9 Å². The number of fused-ring (bicyclic) bond motifs is 3. The molecule has 3 atom stereocenters. The molecule has 2 N–H and O–H groups in total. The number of halogens is 3. The third-order valence-electron chi connectivity index (χ3n) is 16.1. The van der Waals surface area contributed by atoms with Crippen LogP contribution in [0.25, 0.3) is 88.2 Å². The largest absolute Gasteiger partial charge is 1.00 e. The summed E-state index contributed by atoms with van der Waals surface area (Å²) < 4.78 is 29.6. The van der Waals surface area contributed by atoms with E-state index in [2.05, 4.69) is 71.5 Å². The molecule has 11 rings (SSSR count). The van der Waals surface area contributed by atoms with Crippen LogP contribution in [0.5, 0.6) is 0 Å². The van der Waals surface area contributed by atoms with Gasteiger partial charge >= 0.3 is 36.8 Å². The number of aliphatic carboxylic acids is 1. The van der Waals surface area contributed by atoms with Crippen LogP contribution in [0.4, 0.5) is 0 Å². The van der Waals surface area contributed by atoms with Crippen molar-refractivity contribution >= 4 is 85.0 Å². The molecule has 2 heterocycles. The molecule has 16 heteroatoms. The second-order valence-corrected chi connectivity index (χ2v) is 28.5. The first kappa shape index (κ1) is 84.4. The molecule has 2 aromatic heterocycles. The van der Waals surface area contributed by atoms with Crippen molar-refractivity contribution in [1.82, 2.24) is 9.97 Å². The molecular formula is C86H94Cl3LiN2O10. The first-order valence-electron chi connectivity index (χ1n) is 32.8. The van der Waals surface area contributed by atoms with Crippen molar-refractivity contribution in [2.45, 2.75) is 154 Å². The molecule has 530 valence electrons. The molecule has 0 aliphatic rings. The summed E-state index contributed by atoms with van der Waals surface area (Å²) in [6.07, 6.45) is 0.743. The molecule has 0 fully saturated rings. The Hall–Kier alpha value is -8.22. The first-order valence-corrected chi connectivity index (χ1v) is 33.9. The van der Waals surface area contributed by atoms with Crippen molar-refractivity contribution in [1.29, 1.82) is 0 Å². The summed E-state index contributed by atoms with van der Waals surface area (Å²) >= 11 is 18.5. The predicted molar refractivity (Wildman–Crippen MR) is 416 cm³/mol. The Balaban J connectivity index is 0.000000271. The van der Waals surface area contributed by atoms with Gasteiger partial charge in [0.2, 0.25) is 0 Å². The first-order chi connectivity index (χ1) is 46.4. The number of aryl methyl sites for hydroxylation is 4. The third-order valence-corrected chi connectivity index (χ3v) is 16.8. The maximum atomic E-state index is 13.2. The number of hydrogen-bond acceptors (Lipinski definition) is 11. The third kappa shape index (κ3) is 21.0. The maximum Gasteiger partial charge on any atom is 1.00 e. The minimum absolute atomic E-state index is 0. The Morgan fingerprint density at radius 2 is 0.706 bits per heavy atom. The Kier molecular flexibility index (Phi) is 30.0.